The van der Waals surface area contributed by atoms with Crippen LogP contribution in [0.25, 0.3) is 6.08 Å². The van der Waals surface area contributed by atoms with Crippen LogP contribution < -0.4 is 15.8 Å². The molecule has 36 heavy (non-hydrogen) atoms. The van der Waals surface area contributed by atoms with Gasteiger partial charge in [0.05, 0.1) is 11.4 Å². The van der Waals surface area contributed by atoms with Crippen molar-refractivity contribution >= 4 is 52.4 Å². The standard InChI is InChI=1S/C28H22Cl2N4O2/c1-18-26(7-4-14-32-18)36-24-11-8-20(9-12-24)28(31)34-23-16-21(29)15-22(17-23)33-27(35)13-10-19-5-2-3-6-25(19)30/h2-17H,1H3,(H2,31,34)(H,33,35)/b13-10+. The molecule has 4 rings (SSSR count). The van der Waals surface area contributed by atoms with Crippen LogP contribution >= 0.6 is 23.2 Å². The number of hydrogen-bond donors (Lipinski definition) is 2. The zero-order chi connectivity index (χ0) is 25.5. The molecule has 8 heteroatoms. The van der Waals surface area contributed by atoms with Gasteiger partial charge in [-0.2, -0.15) is 0 Å². The van der Waals surface area contributed by atoms with E-state index in [1.165, 1.54) is 6.08 Å². The van der Waals surface area contributed by atoms with Crippen molar-refractivity contribution in [3.8, 4) is 11.5 Å². The predicted molar refractivity (Wildman–Crippen MR) is 146 cm³/mol. The lowest BCUT2D eigenvalue weighted by Gasteiger charge is -2.09. The number of aliphatic imine (C=N–C) groups is 1. The van der Waals surface area contributed by atoms with Gasteiger partial charge < -0.3 is 15.8 Å². The Morgan fingerprint density at radius 1 is 1.03 bits per heavy atom. The molecule has 0 radical (unpaired) electrons. The fourth-order valence-electron chi connectivity index (χ4n) is 3.27. The zero-order valence-corrected chi connectivity index (χ0v) is 20.8. The predicted octanol–water partition coefficient (Wildman–Crippen LogP) is 7.18. The summed E-state index contributed by atoms with van der Waals surface area (Å²) in [4.78, 5) is 21.1. The smallest absolute Gasteiger partial charge is 0.248 e. The maximum Gasteiger partial charge on any atom is 0.248 e. The summed E-state index contributed by atoms with van der Waals surface area (Å²) in [6.07, 6.45) is 4.75. The molecule has 0 aliphatic carbocycles. The van der Waals surface area contributed by atoms with Crippen molar-refractivity contribution in [2.24, 2.45) is 10.7 Å². The number of amidine groups is 1. The van der Waals surface area contributed by atoms with Crippen LogP contribution in [0.1, 0.15) is 16.8 Å². The molecule has 3 N–H and O–H groups in total. The van der Waals surface area contributed by atoms with Gasteiger partial charge >= 0.3 is 0 Å². The quantitative estimate of drug-likeness (QED) is 0.154. The number of halogens is 2. The highest BCUT2D eigenvalue weighted by Gasteiger charge is 2.06. The maximum absolute atomic E-state index is 12.4. The third-order valence-electron chi connectivity index (χ3n) is 5.06. The number of carbonyl (C=O) groups is 1. The lowest BCUT2D eigenvalue weighted by atomic mass is 10.2. The number of ether oxygens (including phenoxy) is 1. The van der Waals surface area contributed by atoms with Gasteiger partial charge in [0.25, 0.3) is 0 Å². The Morgan fingerprint density at radius 2 is 1.81 bits per heavy atom. The van der Waals surface area contributed by atoms with E-state index in [0.717, 1.165) is 11.3 Å². The lowest BCUT2D eigenvalue weighted by Crippen LogP contribution is -2.12. The van der Waals surface area contributed by atoms with Gasteiger partial charge in [0, 0.05) is 33.6 Å². The summed E-state index contributed by atoms with van der Waals surface area (Å²) in [5, 5.41) is 3.74. The number of nitrogens with two attached hydrogens (primary N) is 1. The fraction of sp³-hybridized carbons (Fsp3) is 0.0357. The average molecular weight is 517 g/mol. The van der Waals surface area contributed by atoms with Crippen LogP contribution in [0.2, 0.25) is 10.0 Å². The minimum Gasteiger partial charge on any atom is -0.455 e. The molecule has 0 unspecified atom stereocenters. The van der Waals surface area contributed by atoms with E-state index in [1.807, 2.05) is 49.4 Å². The van der Waals surface area contributed by atoms with E-state index in [1.54, 1.807) is 48.7 Å². The Hall–Kier alpha value is -4.13. The number of rotatable bonds is 7. The first-order valence-electron chi connectivity index (χ1n) is 11.0. The van der Waals surface area contributed by atoms with Crippen LogP contribution in [-0.2, 0) is 4.79 Å². The number of aryl methyl sites for hydroxylation is 1. The van der Waals surface area contributed by atoms with E-state index in [9.17, 15) is 4.79 Å². The third kappa shape index (κ3) is 6.72. The molecule has 1 aromatic heterocycles. The number of amides is 1. The first kappa shape index (κ1) is 25.0. The van der Waals surface area contributed by atoms with E-state index in [4.69, 9.17) is 33.7 Å². The summed E-state index contributed by atoms with van der Waals surface area (Å²) in [7, 11) is 0. The molecule has 0 aliphatic heterocycles. The molecule has 1 amide bonds. The molecule has 0 fully saturated rings. The Balaban J connectivity index is 1.46. The molecule has 0 atom stereocenters. The van der Waals surface area contributed by atoms with Crippen molar-refractivity contribution in [2.75, 3.05) is 5.32 Å². The largest absolute Gasteiger partial charge is 0.455 e. The molecule has 3 aromatic carbocycles. The Kier molecular flexibility index (Phi) is 8.00. The summed E-state index contributed by atoms with van der Waals surface area (Å²) in [5.74, 6) is 1.29. The number of benzene rings is 3. The molecule has 0 aliphatic rings. The van der Waals surface area contributed by atoms with Gasteiger partial charge in [0.15, 0.2) is 0 Å². The summed E-state index contributed by atoms with van der Waals surface area (Å²) in [6, 6.07) is 23.1. The topological polar surface area (TPSA) is 89.6 Å². The Labute approximate surface area is 219 Å². The molecule has 1 heterocycles. The number of pyridine rings is 1. The fourth-order valence-corrected chi connectivity index (χ4v) is 3.70. The van der Waals surface area contributed by atoms with Crippen LogP contribution in [0, 0.1) is 6.92 Å². The Bertz CT molecular complexity index is 1450. The highest BCUT2D eigenvalue weighted by Crippen LogP contribution is 2.27. The minimum absolute atomic E-state index is 0.289. The molecule has 6 nitrogen and oxygen atoms in total. The minimum atomic E-state index is -0.334. The molecule has 0 bridgehead atoms. The molecular weight excluding hydrogens is 495 g/mol. The second kappa shape index (κ2) is 11.5. The number of nitrogens with one attached hydrogen (secondary N) is 1. The molecule has 0 saturated heterocycles. The number of carbonyl (C=O) groups excluding carboxylic acids is 1. The zero-order valence-electron chi connectivity index (χ0n) is 19.3. The second-order valence-electron chi connectivity index (χ2n) is 7.75. The summed E-state index contributed by atoms with van der Waals surface area (Å²) in [5.41, 5.74) is 9.45. The number of anilines is 1. The van der Waals surface area contributed by atoms with Gasteiger partial charge in [-0.05, 0) is 79.2 Å². The summed E-state index contributed by atoms with van der Waals surface area (Å²) < 4.78 is 5.87. The highest BCUT2D eigenvalue weighted by molar-refractivity contribution is 6.32. The van der Waals surface area contributed by atoms with Crippen LogP contribution in [-0.4, -0.2) is 16.7 Å². The van der Waals surface area contributed by atoms with Crippen molar-refractivity contribution in [3.63, 3.8) is 0 Å². The lowest BCUT2D eigenvalue weighted by molar-refractivity contribution is -0.111. The first-order valence-corrected chi connectivity index (χ1v) is 11.7. The van der Waals surface area contributed by atoms with E-state index in [0.29, 0.717) is 38.5 Å². The van der Waals surface area contributed by atoms with Crippen LogP contribution in [0.5, 0.6) is 11.5 Å². The van der Waals surface area contributed by atoms with Crippen molar-refractivity contribution in [3.05, 3.63) is 118 Å². The van der Waals surface area contributed by atoms with Gasteiger partial charge in [0.2, 0.25) is 5.91 Å². The first-order chi connectivity index (χ1) is 17.4. The van der Waals surface area contributed by atoms with Crippen molar-refractivity contribution < 1.29 is 9.53 Å². The molecule has 0 saturated carbocycles. The van der Waals surface area contributed by atoms with Gasteiger partial charge in [0.1, 0.15) is 17.3 Å². The van der Waals surface area contributed by atoms with Gasteiger partial charge in [-0.1, -0.05) is 41.4 Å². The highest BCUT2D eigenvalue weighted by atomic mass is 35.5. The SMILES string of the molecule is Cc1ncccc1Oc1ccc(C(N)=Nc2cc(Cl)cc(NC(=O)/C=C/c3ccccc3Cl)c2)cc1. The third-order valence-corrected chi connectivity index (χ3v) is 5.62. The van der Waals surface area contributed by atoms with Crippen molar-refractivity contribution in [1.29, 1.82) is 0 Å². The molecule has 4 aromatic rings. The van der Waals surface area contributed by atoms with E-state index >= 15 is 0 Å². The number of aromatic nitrogens is 1. The number of nitrogens with zero attached hydrogens (tertiary/aromatic N) is 2. The monoisotopic (exact) mass is 516 g/mol. The van der Waals surface area contributed by atoms with Crippen molar-refractivity contribution in [2.45, 2.75) is 6.92 Å². The molecular formula is C28H22Cl2N4O2. The van der Waals surface area contributed by atoms with Crippen molar-refractivity contribution in [1.82, 2.24) is 4.98 Å². The van der Waals surface area contributed by atoms with E-state index in [-0.39, 0.29) is 11.7 Å². The van der Waals surface area contributed by atoms with Crippen LogP contribution in [0.4, 0.5) is 11.4 Å². The summed E-state index contributed by atoms with van der Waals surface area (Å²) >= 11 is 12.4. The maximum atomic E-state index is 12.4. The molecule has 180 valence electrons. The van der Waals surface area contributed by atoms with Crippen LogP contribution in [0.3, 0.4) is 0 Å². The second-order valence-corrected chi connectivity index (χ2v) is 8.60. The van der Waals surface area contributed by atoms with Gasteiger partial charge in [-0.25, -0.2) is 4.99 Å². The number of hydrogen-bond acceptors (Lipinski definition) is 4. The normalized spacial score (nSPS) is 11.5. The Morgan fingerprint density at radius 3 is 2.56 bits per heavy atom. The van der Waals surface area contributed by atoms with Gasteiger partial charge in [-0.15, -0.1) is 0 Å². The van der Waals surface area contributed by atoms with Crippen LogP contribution in [0.15, 0.2) is 96.1 Å². The summed E-state index contributed by atoms with van der Waals surface area (Å²) in [6.45, 7) is 1.88. The average Bonchev–Trinajstić information content (AvgIpc) is 2.85. The van der Waals surface area contributed by atoms with Gasteiger partial charge in [-0.3, -0.25) is 9.78 Å². The molecule has 0 spiro atoms. The van der Waals surface area contributed by atoms with E-state index in [2.05, 4.69) is 15.3 Å². The van der Waals surface area contributed by atoms with E-state index < -0.39 is 0 Å².